The molecule has 4 nitrogen and oxygen atoms in total. The highest BCUT2D eigenvalue weighted by atomic mass is 35.5. The third-order valence-corrected chi connectivity index (χ3v) is 4.68. The van der Waals surface area contributed by atoms with Gasteiger partial charge in [0.05, 0.1) is 0 Å². The summed E-state index contributed by atoms with van der Waals surface area (Å²) < 4.78 is 5.53. The van der Waals surface area contributed by atoms with Crippen LogP contribution in [0.3, 0.4) is 0 Å². The Kier molecular flexibility index (Phi) is 8.19. The first kappa shape index (κ1) is 21.8. The minimum absolute atomic E-state index is 0.475. The molecule has 0 spiro atoms. The summed E-state index contributed by atoms with van der Waals surface area (Å²) in [6, 6.07) is 23.0. The molecule has 154 valence electrons. The van der Waals surface area contributed by atoms with Gasteiger partial charge in [0.25, 0.3) is 0 Å². The van der Waals surface area contributed by atoms with Crippen LogP contribution in [0.25, 0.3) is 0 Å². The molecule has 0 fully saturated rings. The summed E-state index contributed by atoms with van der Waals surface area (Å²) in [4.78, 5) is 4.71. The Bertz CT molecular complexity index is 969. The van der Waals surface area contributed by atoms with E-state index in [1.807, 2.05) is 72.8 Å². The molecule has 0 aliphatic heterocycles. The monoisotopic (exact) mass is 439 g/mol. The van der Waals surface area contributed by atoms with Gasteiger partial charge in [-0.25, -0.2) is 0 Å². The summed E-state index contributed by atoms with van der Waals surface area (Å²) in [5.74, 6) is 1.43. The molecule has 3 rings (SSSR count). The molecule has 0 radical (unpaired) electrons. The predicted molar refractivity (Wildman–Crippen MR) is 128 cm³/mol. The summed E-state index contributed by atoms with van der Waals surface area (Å²) in [6.07, 6.45) is 2.52. The van der Waals surface area contributed by atoms with E-state index in [-0.39, 0.29) is 0 Å². The van der Waals surface area contributed by atoms with Crippen LogP contribution in [-0.4, -0.2) is 19.1 Å². The Hall–Kier alpha value is -2.95. The number of halogens is 2. The van der Waals surface area contributed by atoms with Gasteiger partial charge in [-0.05, 0) is 72.6 Å². The van der Waals surface area contributed by atoms with Crippen molar-refractivity contribution in [2.45, 2.75) is 6.42 Å². The zero-order valence-corrected chi connectivity index (χ0v) is 18.0. The molecule has 0 heterocycles. The van der Waals surface area contributed by atoms with Crippen molar-refractivity contribution in [3.8, 4) is 5.75 Å². The van der Waals surface area contributed by atoms with Crippen LogP contribution in [0.2, 0.25) is 10.0 Å². The Balaban J connectivity index is 1.69. The van der Waals surface area contributed by atoms with Gasteiger partial charge in [-0.2, -0.15) is 0 Å². The second-order valence-corrected chi connectivity index (χ2v) is 7.36. The number of hydrogen-bond acceptors (Lipinski definition) is 2. The van der Waals surface area contributed by atoms with Gasteiger partial charge in [0.15, 0.2) is 5.96 Å². The second kappa shape index (κ2) is 11.3. The number of ether oxygens (including phenoxy) is 1. The third-order valence-electron chi connectivity index (χ3n) is 4.18. The van der Waals surface area contributed by atoms with E-state index in [1.54, 1.807) is 6.08 Å². The van der Waals surface area contributed by atoms with Gasteiger partial charge in [0, 0.05) is 28.0 Å². The van der Waals surface area contributed by atoms with E-state index in [9.17, 15) is 0 Å². The van der Waals surface area contributed by atoms with Crippen molar-refractivity contribution in [2.75, 3.05) is 23.8 Å². The quantitative estimate of drug-likeness (QED) is 0.233. The van der Waals surface area contributed by atoms with Crippen LogP contribution < -0.4 is 15.4 Å². The van der Waals surface area contributed by atoms with Gasteiger partial charge in [-0.1, -0.05) is 48.0 Å². The van der Waals surface area contributed by atoms with E-state index in [0.29, 0.717) is 24.1 Å². The van der Waals surface area contributed by atoms with E-state index in [1.165, 1.54) is 5.56 Å². The molecule has 30 heavy (non-hydrogen) atoms. The average molecular weight is 440 g/mol. The summed E-state index contributed by atoms with van der Waals surface area (Å²) in [6.45, 7) is 4.75. The molecule has 0 aliphatic carbocycles. The fraction of sp³-hybridized carbons (Fsp3) is 0.125. The minimum Gasteiger partial charge on any atom is -0.490 e. The largest absolute Gasteiger partial charge is 0.490 e. The summed E-state index contributed by atoms with van der Waals surface area (Å²) in [5, 5.41) is 8.06. The Morgan fingerprint density at radius 2 is 1.37 bits per heavy atom. The highest BCUT2D eigenvalue weighted by Crippen LogP contribution is 2.17. The molecule has 3 aromatic rings. The van der Waals surface area contributed by atoms with Crippen LogP contribution >= 0.6 is 23.2 Å². The number of rotatable bonds is 8. The lowest BCUT2D eigenvalue weighted by molar-refractivity contribution is 0.363. The van der Waals surface area contributed by atoms with Crippen molar-refractivity contribution in [1.29, 1.82) is 0 Å². The van der Waals surface area contributed by atoms with Crippen molar-refractivity contribution in [3.63, 3.8) is 0 Å². The Morgan fingerprint density at radius 3 is 1.93 bits per heavy atom. The first-order valence-corrected chi connectivity index (χ1v) is 10.3. The van der Waals surface area contributed by atoms with Gasteiger partial charge in [-0.15, -0.1) is 0 Å². The van der Waals surface area contributed by atoms with E-state index < -0.39 is 0 Å². The van der Waals surface area contributed by atoms with E-state index >= 15 is 0 Å². The lowest BCUT2D eigenvalue weighted by Gasteiger charge is -2.13. The van der Waals surface area contributed by atoms with Crippen molar-refractivity contribution < 1.29 is 4.74 Å². The molecule has 0 saturated carbocycles. The van der Waals surface area contributed by atoms with Crippen LogP contribution in [0, 0.1) is 0 Å². The molecule has 0 aromatic heterocycles. The number of aliphatic imine (C=N–C) groups is 1. The number of anilines is 2. The zero-order chi connectivity index (χ0) is 21.2. The average Bonchev–Trinajstić information content (AvgIpc) is 2.76. The van der Waals surface area contributed by atoms with Crippen molar-refractivity contribution >= 4 is 40.5 Å². The number of guanidine groups is 1. The van der Waals surface area contributed by atoms with Crippen molar-refractivity contribution in [3.05, 3.63) is 101 Å². The molecule has 6 heteroatoms. The maximum absolute atomic E-state index is 5.99. The highest BCUT2D eigenvalue weighted by molar-refractivity contribution is 6.30. The maximum Gasteiger partial charge on any atom is 0.200 e. The lowest BCUT2D eigenvalue weighted by Crippen LogP contribution is -2.22. The fourth-order valence-corrected chi connectivity index (χ4v) is 2.91. The SMILES string of the molecule is C=CCOc1ccc(NC(=NCCc2ccc(Cl)cc2)Nc2ccc(Cl)cc2)cc1. The molecule has 0 saturated heterocycles. The van der Waals surface area contributed by atoms with Gasteiger partial charge in [0.2, 0.25) is 0 Å². The topological polar surface area (TPSA) is 45.6 Å². The maximum atomic E-state index is 5.99. The molecule has 2 N–H and O–H groups in total. The van der Waals surface area contributed by atoms with Crippen LogP contribution in [0.15, 0.2) is 90.4 Å². The molecular formula is C24H23Cl2N3O. The van der Waals surface area contributed by atoms with Gasteiger partial charge < -0.3 is 15.4 Å². The van der Waals surface area contributed by atoms with Gasteiger partial charge in [0.1, 0.15) is 12.4 Å². The molecular weight excluding hydrogens is 417 g/mol. The van der Waals surface area contributed by atoms with Gasteiger partial charge in [-0.3, -0.25) is 4.99 Å². The molecule has 0 atom stereocenters. The number of hydrogen-bond donors (Lipinski definition) is 2. The smallest absolute Gasteiger partial charge is 0.200 e. The predicted octanol–water partition coefficient (Wildman–Crippen LogP) is 6.68. The summed E-state index contributed by atoms with van der Waals surface area (Å²) in [5.41, 5.74) is 2.97. The first-order valence-electron chi connectivity index (χ1n) is 9.54. The number of benzene rings is 3. The second-order valence-electron chi connectivity index (χ2n) is 6.49. The van der Waals surface area contributed by atoms with Crippen LogP contribution in [0.1, 0.15) is 5.56 Å². The standard InChI is InChI=1S/C24H23Cl2N3O/c1-2-17-30-23-13-11-22(12-14-23)29-24(28-21-9-7-20(26)8-10-21)27-16-15-18-3-5-19(25)6-4-18/h2-14H,1,15-17H2,(H2,27,28,29). The van der Waals surface area contributed by atoms with Crippen LogP contribution in [0.5, 0.6) is 5.75 Å². The third kappa shape index (κ3) is 7.14. The van der Waals surface area contributed by atoms with Crippen molar-refractivity contribution in [1.82, 2.24) is 0 Å². The zero-order valence-electron chi connectivity index (χ0n) is 16.4. The van der Waals surface area contributed by atoms with Crippen LogP contribution in [0.4, 0.5) is 11.4 Å². The molecule has 0 aliphatic rings. The van der Waals surface area contributed by atoms with E-state index in [0.717, 1.165) is 28.6 Å². The molecule has 0 amide bonds. The van der Waals surface area contributed by atoms with Crippen molar-refractivity contribution in [2.24, 2.45) is 4.99 Å². The fourth-order valence-electron chi connectivity index (χ4n) is 2.65. The number of nitrogens with one attached hydrogen (secondary N) is 2. The van der Waals surface area contributed by atoms with E-state index in [2.05, 4.69) is 17.2 Å². The minimum atomic E-state index is 0.475. The molecule has 0 unspecified atom stereocenters. The molecule has 3 aromatic carbocycles. The first-order chi connectivity index (χ1) is 14.6. The summed E-state index contributed by atoms with van der Waals surface area (Å²) in [7, 11) is 0. The van der Waals surface area contributed by atoms with Crippen LogP contribution in [-0.2, 0) is 6.42 Å². The Labute approximate surface area is 187 Å². The summed E-state index contributed by atoms with van der Waals surface area (Å²) >= 11 is 11.9. The van der Waals surface area contributed by atoms with E-state index in [4.69, 9.17) is 32.9 Å². The number of nitrogens with zero attached hydrogens (tertiary/aromatic N) is 1. The lowest BCUT2D eigenvalue weighted by atomic mass is 10.1. The normalized spacial score (nSPS) is 11.1. The Morgan fingerprint density at radius 1 is 0.833 bits per heavy atom. The molecule has 0 bridgehead atoms. The van der Waals surface area contributed by atoms with Gasteiger partial charge >= 0.3 is 0 Å². The highest BCUT2D eigenvalue weighted by Gasteiger charge is 2.03.